The molecule has 0 aromatic carbocycles. The summed E-state index contributed by atoms with van der Waals surface area (Å²) in [5, 5.41) is 16.5. The molecule has 1 aromatic rings. The van der Waals surface area contributed by atoms with Crippen LogP contribution in [0.1, 0.15) is 25.7 Å². The molecule has 7 nitrogen and oxygen atoms in total. The van der Waals surface area contributed by atoms with Crippen LogP contribution in [0.5, 0.6) is 0 Å². The molecule has 7 heteroatoms. The van der Waals surface area contributed by atoms with Crippen LogP contribution in [0.2, 0.25) is 0 Å². The van der Waals surface area contributed by atoms with Crippen molar-refractivity contribution in [3.63, 3.8) is 0 Å². The molecule has 1 saturated heterocycles. The number of hydrogen-bond donors (Lipinski definition) is 2. The highest BCUT2D eigenvalue weighted by Gasteiger charge is 2.33. The van der Waals surface area contributed by atoms with Crippen molar-refractivity contribution < 1.29 is 9.90 Å². The smallest absolute Gasteiger partial charge is 0.318 e. The lowest BCUT2D eigenvalue weighted by molar-refractivity contribution is 0.169. The van der Waals surface area contributed by atoms with Crippen LogP contribution >= 0.6 is 0 Å². The maximum absolute atomic E-state index is 12.4. The molecule has 1 unspecified atom stereocenters. The van der Waals surface area contributed by atoms with Crippen molar-refractivity contribution in [2.75, 3.05) is 31.1 Å². The van der Waals surface area contributed by atoms with Gasteiger partial charge in [-0.05, 0) is 25.7 Å². The van der Waals surface area contributed by atoms with E-state index in [-0.39, 0.29) is 18.7 Å². The standard InChI is InChI=1S/C15H25N5O2/c1-18-11-14(9-16-18)19-6-2-3-12(10-19)17-15(22)20(7-8-21)13-4-5-13/h9,11-13,21H,2-8,10H2,1H3,(H,17,22). The second-order valence-electron chi connectivity index (χ2n) is 6.26. The summed E-state index contributed by atoms with van der Waals surface area (Å²) in [4.78, 5) is 16.5. The number of anilines is 1. The van der Waals surface area contributed by atoms with Gasteiger partial charge >= 0.3 is 6.03 Å². The largest absolute Gasteiger partial charge is 0.395 e. The Balaban J connectivity index is 1.56. The highest BCUT2D eigenvalue weighted by atomic mass is 16.3. The number of aryl methyl sites for hydroxylation is 1. The molecule has 0 spiro atoms. The molecule has 2 heterocycles. The summed E-state index contributed by atoms with van der Waals surface area (Å²) >= 11 is 0. The van der Waals surface area contributed by atoms with Gasteiger partial charge in [-0.3, -0.25) is 4.68 Å². The lowest BCUT2D eigenvalue weighted by Crippen LogP contribution is -2.52. The summed E-state index contributed by atoms with van der Waals surface area (Å²) in [6.45, 7) is 2.27. The molecule has 0 bridgehead atoms. The molecule has 2 aliphatic rings. The van der Waals surface area contributed by atoms with Gasteiger partial charge in [0.2, 0.25) is 0 Å². The Kier molecular flexibility index (Phi) is 4.52. The summed E-state index contributed by atoms with van der Waals surface area (Å²) in [6, 6.07) is 0.446. The first-order valence-corrected chi connectivity index (χ1v) is 8.09. The Labute approximate surface area is 130 Å². The first-order valence-electron chi connectivity index (χ1n) is 8.09. The van der Waals surface area contributed by atoms with Gasteiger partial charge in [-0.1, -0.05) is 0 Å². The van der Waals surface area contributed by atoms with Gasteiger partial charge in [0.15, 0.2) is 0 Å². The highest BCUT2D eigenvalue weighted by Crippen LogP contribution is 2.27. The average molecular weight is 307 g/mol. The van der Waals surface area contributed by atoms with E-state index in [4.69, 9.17) is 5.11 Å². The number of aromatic nitrogens is 2. The molecule has 1 aliphatic carbocycles. The lowest BCUT2D eigenvalue weighted by Gasteiger charge is -2.35. The summed E-state index contributed by atoms with van der Waals surface area (Å²) in [5.41, 5.74) is 1.11. The summed E-state index contributed by atoms with van der Waals surface area (Å²) in [6.07, 6.45) is 8.04. The van der Waals surface area contributed by atoms with E-state index in [1.54, 1.807) is 9.58 Å². The molecule has 1 aliphatic heterocycles. The van der Waals surface area contributed by atoms with Crippen molar-refractivity contribution in [1.82, 2.24) is 20.0 Å². The Bertz CT molecular complexity index is 514. The van der Waals surface area contributed by atoms with Gasteiger partial charge in [0.25, 0.3) is 0 Å². The topological polar surface area (TPSA) is 73.6 Å². The third-order valence-corrected chi connectivity index (χ3v) is 4.39. The predicted molar refractivity (Wildman–Crippen MR) is 83.8 cm³/mol. The second kappa shape index (κ2) is 6.56. The minimum Gasteiger partial charge on any atom is -0.395 e. The molecule has 122 valence electrons. The van der Waals surface area contributed by atoms with Crippen molar-refractivity contribution in [2.24, 2.45) is 7.05 Å². The number of piperidine rings is 1. The fraction of sp³-hybridized carbons (Fsp3) is 0.733. The molecule has 2 N–H and O–H groups in total. The number of aliphatic hydroxyl groups excluding tert-OH is 1. The van der Waals surface area contributed by atoms with E-state index in [1.165, 1.54) is 0 Å². The summed E-state index contributed by atoms with van der Waals surface area (Å²) < 4.78 is 1.80. The number of aliphatic hydroxyl groups is 1. The van der Waals surface area contributed by atoms with E-state index in [9.17, 15) is 4.79 Å². The monoisotopic (exact) mass is 307 g/mol. The van der Waals surface area contributed by atoms with E-state index < -0.39 is 0 Å². The molecular formula is C15H25N5O2. The number of nitrogens with zero attached hydrogens (tertiary/aromatic N) is 4. The molecule has 3 rings (SSSR count). The molecule has 2 amide bonds. The zero-order valence-electron chi connectivity index (χ0n) is 13.1. The van der Waals surface area contributed by atoms with E-state index in [2.05, 4.69) is 15.3 Å². The van der Waals surface area contributed by atoms with Crippen molar-refractivity contribution in [3.05, 3.63) is 12.4 Å². The van der Waals surface area contributed by atoms with Crippen LogP contribution in [0, 0.1) is 0 Å². The molecule has 0 radical (unpaired) electrons. The zero-order chi connectivity index (χ0) is 15.5. The van der Waals surface area contributed by atoms with Crippen molar-refractivity contribution in [2.45, 2.75) is 37.8 Å². The first-order chi connectivity index (χ1) is 10.7. The molecule has 1 aromatic heterocycles. The second-order valence-corrected chi connectivity index (χ2v) is 6.26. The first kappa shape index (κ1) is 15.1. The van der Waals surface area contributed by atoms with Gasteiger partial charge in [0.05, 0.1) is 18.5 Å². The lowest BCUT2D eigenvalue weighted by atomic mass is 10.1. The van der Waals surface area contributed by atoms with Crippen LogP contribution in [0.3, 0.4) is 0 Å². The number of carbonyl (C=O) groups is 1. The van der Waals surface area contributed by atoms with Crippen LogP contribution < -0.4 is 10.2 Å². The molecular weight excluding hydrogens is 282 g/mol. The Morgan fingerprint density at radius 1 is 1.50 bits per heavy atom. The SMILES string of the molecule is Cn1cc(N2CCCC(NC(=O)N(CCO)C3CC3)C2)cn1. The van der Waals surface area contributed by atoms with Gasteiger partial charge < -0.3 is 20.2 Å². The number of urea groups is 1. The number of nitrogens with one attached hydrogen (secondary N) is 1. The molecule has 1 atom stereocenters. The number of hydrogen-bond acceptors (Lipinski definition) is 4. The molecule has 1 saturated carbocycles. The number of carbonyl (C=O) groups excluding carboxylic acids is 1. The average Bonchev–Trinajstić information content (AvgIpc) is 3.25. The normalized spacial score (nSPS) is 21.7. The van der Waals surface area contributed by atoms with Crippen molar-refractivity contribution >= 4 is 11.7 Å². The van der Waals surface area contributed by atoms with Crippen LogP contribution in [0.15, 0.2) is 12.4 Å². The molecule has 22 heavy (non-hydrogen) atoms. The van der Waals surface area contributed by atoms with Crippen LogP contribution in [0.25, 0.3) is 0 Å². The number of rotatable bonds is 5. The van der Waals surface area contributed by atoms with E-state index in [0.717, 1.165) is 44.5 Å². The van der Waals surface area contributed by atoms with Gasteiger partial charge in [-0.2, -0.15) is 5.10 Å². The van der Waals surface area contributed by atoms with E-state index in [1.807, 2.05) is 19.4 Å². The van der Waals surface area contributed by atoms with Crippen LogP contribution in [0.4, 0.5) is 10.5 Å². The predicted octanol–water partition coefficient (Wildman–Crippen LogP) is 0.555. The van der Waals surface area contributed by atoms with E-state index in [0.29, 0.717) is 12.6 Å². The Morgan fingerprint density at radius 3 is 2.95 bits per heavy atom. The quantitative estimate of drug-likeness (QED) is 0.833. The van der Waals surface area contributed by atoms with Crippen molar-refractivity contribution in [3.8, 4) is 0 Å². The third kappa shape index (κ3) is 3.52. The van der Waals surface area contributed by atoms with E-state index >= 15 is 0 Å². The highest BCUT2D eigenvalue weighted by molar-refractivity contribution is 5.75. The summed E-state index contributed by atoms with van der Waals surface area (Å²) in [5.74, 6) is 0. The maximum atomic E-state index is 12.4. The minimum absolute atomic E-state index is 0.0242. The maximum Gasteiger partial charge on any atom is 0.318 e. The zero-order valence-corrected chi connectivity index (χ0v) is 13.1. The van der Waals surface area contributed by atoms with Gasteiger partial charge in [-0.25, -0.2) is 4.79 Å². The Morgan fingerprint density at radius 2 is 2.32 bits per heavy atom. The minimum atomic E-state index is -0.0328. The van der Waals surface area contributed by atoms with Gasteiger partial charge in [-0.15, -0.1) is 0 Å². The fourth-order valence-corrected chi connectivity index (χ4v) is 3.10. The van der Waals surface area contributed by atoms with Crippen LogP contribution in [-0.4, -0.2) is 64.1 Å². The number of amides is 2. The third-order valence-electron chi connectivity index (χ3n) is 4.39. The molecule has 2 fully saturated rings. The Hall–Kier alpha value is -1.76. The van der Waals surface area contributed by atoms with Gasteiger partial charge in [0, 0.05) is 45.0 Å². The van der Waals surface area contributed by atoms with Crippen LogP contribution in [-0.2, 0) is 7.05 Å². The van der Waals surface area contributed by atoms with Gasteiger partial charge in [0.1, 0.15) is 0 Å². The fourth-order valence-electron chi connectivity index (χ4n) is 3.10. The van der Waals surface area contributed by atoms with Crippen molar-refractivity contribution in [1.29, 1.82) is 0 Å². The summed E-state index contributed by atoms with van der Waals surface area (Å²) in [7, 11) is 1.91.